The van der Waals surface area contributed by atoms with Crippen LogP contribution in [0.4, 0.5) is 0 Å². The highest BCUT2D eigenvalue weighted by Gasteiger charge is 2.47. The predicted octanol–water partition coefficient (Wildman–Crippen LogP) is 2.17. The van der Waals surface area contributed by atoms with E-state index in [1.165, 1.54) is 30.4 Å². The third-order valence-corrected chi connectivity index (χ3v) is 6.15. The number of ether oxygens (including phenoxy) is 1. The molecule has 0 bridgehead atoms. The van der Waals surface area contributed by atoms with Crippen LogP contribution in [0.1, 0.15) is 29.8 Å². The molecule has 1 saturated heterocycles. The molecule has 8 heteroatoms. The molecular formula is C21H24N2O5S. The molecule has 2 N–H and O–H groups in total. The number of thioether (sulfide) groups is 1. The van der Waals surface area contributed by atoms with Crippen molar-refractivity contribution in [1.29, 1.82) is 0 Å². The zero-order valence-electron chi connectivity index (χ0n) is 16.3. The number of rotatable bonds is 8. The number of ketones is 1. The maximum Gasteiger partial charge on any atom is 0.255 e. The van der Waals surface area contributed by atoms with Gasteiger partial charge in [0.1, 0.15) is 24.5 Å². The van der Waals surface area contributed by atoms with Crippen molar-refractivity contribution in [2.45, 2.75) is 37.3 Å². The number of carbonyl (C=O) groups excluding carboxylic acids is 3. The average molecular weight is 416 g/mol. The van der Waals surface area contributed by atoms with Gasteiger partial charge in [-0.25, -0.2) is 0 Å². The smallest absolute Gasteiger partial charge is 0.255 e. The van der Waals surface area contributed by atoms with Gasteiger partial charge in [-0.05, 0) is 25.5 Å². The van der Waals surface area contributed by atoms with Gasteiger partial charge < -0.3 is 19.8 Å². The topological polar surface area (TPSA) is 97.6 Å². The molecule has 29 heavy (non-hydrogen) atoms. The average Bonchev–Trinajstić information content (AvgIpc) is 3.33. The molecule has 2 aromatic rings. The molecule has 0 spiro atoms. The Bertz CT molecular complexity index is 855. The lowest BCUT2D eigenvalue weighted by atomic mass is 9.93. The molecule has 2 heterocycles. The second-order valence-electron chi connectivity index (χ2n) is 7.11. The van der Waals surface area contributed by atoms with E-state index in [-0.39, 0.29) is 12.4 Å². The van der Waals surface area contributed by atoms with Crippen molar-refractivity contribution in [2.75, 3.05) is 12.4 Å². The number of Topliss-reactive ketones (excluding diaryl/α,β-unsaturated/α-hetero) is 1. The standard InChI is InChI=1S/C21H24N2O5S/c1-14-21(2,18(24)11-28-14)23-20(26)17(22-19(25)16-8-9-27-10-16)13-29-12-15-6-4-3-5-7-15/h3-10,14,17H,11-13H2,1-2H3,(H,22,25)(H,23,26)/t14-,17?,21-/m1/s1. The lowest BCUT2D eigenvalue weighted by Gasteiger charge is -2.29. The van der Waals surface area contributed by atoms with Crippen LogP contribution < -0.4 is 10.6 Å². The maximum atomic E-state index is 13.0. The highest BCUT2D eigenvalue weighted by atomic mass is 32.2. The van der Waals surface area contributed by atoms with E-state index in [1.54, 1.807) is 13.8 Å². The minimum Gasteiger partial charge on any atom is -0.472 e. The first-order valence-electron chi connectivity index (χ1n) is 9.32. The molecule has 0 radical (unpaired) electrons. The molecule has 1 aromatic carbocycles. The lowest BCUT2D eigenvalue weighted by Crippen LogP contribution is -2.60. The Labute approximate surface area is 173 Å². The van der Waals surface area contributed by atoms with E-state index in [2.05, 4.69) is 10.6 Å². The number of hydrogen-bond donors (Lipinski definition) is 2. The van der Waals surface area contributed by atoms with Crippen LogP contribution in [0.15, 0.2) is 53.3 Å². The van der Waals surface area contributed by atoms with Gasteiger partial charge in [0, 0.05) is 11.5 Å². The molecular weight excluding hydrogens is 392 g/mol. The summed E-state index contributed by atoms with van der Waals surface area (Å²) in [6.07, 6.45) is 2.27. The molecule has 0 aliphatic carbocycles. The Morgan fingerprint density at radius 2 is 2.03 bits per heavy atom. The van der Waals surface area contributed by atoms with Gasteiger partial charge in [-0.2, -0.15) is 11.8 Å². The molecule has 1 fully saturated rings. The highest BCUT2D eigenvalue weighted by molar-refractivity contribution is 7.98. The summed E-state index contributed by atoms with van der Waals surface area (Å²) in [6.45, 7) is 3.36. The Balaban J connectivity index is 1.68. The molecule has 1 aliphatic rings. The minimum absolute atomic E-state index is 0.0350. The number of benzene rings is 1. The molecule has 3 rings (SSSR count). The minimum atomic E-state index is -1.11. The summed E-state index contributed by atoms with van der Waals surface area (Å²) in [5.74, 6) is 0.0309. The molecule has 1 unspecified atom stereocenters. The van der Waals surface area contributed by atoms with E-state index in [4.69, 9.17) is 9.15 Å². The second-order valence-corrected chi connectivity index (χ2v) is 8.14. The first-order valence-corrected chi connectivity index (χ1v) is 10.5. The molecule has 0 saturated carbocycles. The number of furan rings is 1. The third-order valence-electron chi connectivity index (χ3n) is 5.04. The molecule has 3 atom stereocenters. The second kappa shape index (κ2) is 9.28. The van der Waals surface area contributed by atoms with Gasteiger partial charge in [-0.3, -0.25) is 14.4 Å². The summed E-state index contributed by atoms with van der Waals surface area (Å²) in [4.78, 5) is 37.6. The van der Waals surface area contributed by atoms with Gasteiger partial charge in [-0.15, -0.1) is 0 Å². The fraction of sp³-hybridized carbons (Fsp3) is 0.381. The fourth-order valence-corrected chi connectivity index (χ4v) is 3.96. The van der Waals surface area contributed by atoms with Crippen molar-refractivity contribution in [2.24, 2.45) is 0 Å². The van der Waals surface area contributed by atoms with E-state index in [1.807, 2.05) is 30.3 Å². The van der Waals surface area contributed by atoms with Crippen LogP contribution in [0.5, 0.6) is 0 Å². The summed E-state index contributed by atoms with van der Waals surface area (Å²) in [5, 5.41) is 5.53. The summed E-state index contributed by atoms with van der Waals surface area (Å²) in [5.41, 5.74) is 0.341. The van der Waals surface area contributed by atoms with E-state index in [9.17, 15) is 14.4 Å². The highest BCUT2D eigenvalue weighted by Crippen LogP contribution is 2.22. The van der Waals surface area contributed by atoms with Gasteiger partial charge in [0.15, 0.2) is 5.78 Å². The van der Waals surface area contributed by atoms with Crippen LogP contribution in [0, 0.1) is 0 Å². The SMILES string of the molecule is C[C@H]1OCC(=O)[C@]1(C)NC(=O)C(CSCc1ccccc1)NC(=O)c1ccoc1. The molecule has 7 nitrogen and oxygen atoms in total. The van der Waals surface area contributed by atoms with Gasteiger partial charge in [0.05, 0.1) is 17.9 Å². The van der Waals surface area contributed by atoms with Crippen molar-refractivity contribution in [3.63, 3.8) is 0 Å². The zero-order valence-corrected chi connectivity index (χ0v) is 17.2. The lowest BCUT2D eigenvalue weighted by molar-refractivity contribution is -0.130. The van der Waals surface area contributed by atoms with E-state index in [0.29, 0.717) is 17.1 Å². The van der Waals surface area contributed by atoms with Crippen LogP contribution in [0.3, 0.4) is 0 Å². The Morgan fingerprint density at radius 3 is 2.66 bits per heavy atom. The Morgan fingerprint density at radius 1 is 1.28 bits per heavy atom. The van der Waals surface area contributed by atoms with E-state index < -0.39 is 29.5 Å². The van der Waals surface area contributed by atoms with E-state index >= 15 is 0 Å². The van der Waals surface area contributed by atoms with Crippen molar-refractivity contribution in [3.05, 3.63) is 60.1 Å². The van der Waals surface area contributed by atoms with Crippen LogP contribution >= 0.6 is 11.8 Å². The molecule has 1 aromatic heterocycles. The van der Waals surface area contributed by atoms with Gasteiger partial charge in [0.2, 0.25) is 5.91 Å². The monoisotopic (exact) mass is 416 g/mol. The zero-order chi connectivity index (χ0) is 20.9. The predicted molar refractivity (Wildman–Crippen MR) is 110 cm³/mol. The number of nitrogens with one attached hydrogen (secondary N) is 2. The largest absolute Gasteiger partial charge is 0.472 e. The number of amides is 2. The first-order chi connectivity index (χ1) is 13.9. The Kier molecular flexibility index (Phi) is 6.76. The van der Waals surface area contributed by atoms with Gasteiger partial charge in [0.25, 0.3) is 5.91 Å². The quantitative estimate of drug-likeness (QED) is 0.685. The first kappa shape index (κ1) is 21.1. The van der Waals surface area contributed by atoms with Gasteiger partial charge >= 0.3 is 0 Å². The fourth-order valence-electron chi connectivity index (χ4n) is 2.95. The van der Waals surface area contributed by atoms with Crippen LogP contribution in [0.25, 0.3) is 0 Å². The van der Waals surface area contributed by atoms with Crippen molar-refractivity contribution in [1.82, 2.24) is 10.6 Å². The summed E-state index contributed by atoms with van der Waals surface area (Å²) in [7, 11) is 0. The van der Waals surface area contributed by atoms with Crippen LogP contribution in [0.2, 0.25) is 0 Å². The normalized spacial score (nSPS) is 22.3. The summed E-state index contributed by atoms with van der Waals surface area (Å²) < 4.78 is 10.3. The Hall–Kier alpha value is -2.58. The van der Waals surface area contributed by atoms with Crippen molar-refractivity contribution < 1.29 is 23.5 Å². The number of carbonyl (C=O) groups is 3. The van der Waals surface area contributed by atoms with Crippen molar-refractivity contribution in [3.8, 4) is 0 Å². The maximum absolute atomic E-state index is 13.0. The molecule has 154 valence electrons. The molecule has 1 aliphatic heterocycles. The van der Waals surface area contributed by atoms with Gasteiger partial charge in [-0.1, -0.05) is 30.3 Å². The molecule has 2 amide bonds. The van der Waals surface area contributed by atoms with E-state index in [0.717, 1.165) is 5.56 Å². The summed E-state index contributed by atoms with van der Waals surface area (Å²) >= 11 is 1.53. The summed E-state index contributed by atoms with van der Waals surface area (Å²) in [6, 6.07) is 10.6. The third kappa shape index (κ3) is 5.07. The van der Waals surface area contributed by atoms with Crippen LogP contribution in [-0.2, 0) is 20.1 Å². The van der Waals surface area contributed by atoms with Crippen molar-refractivity contribution >= 4 is 29.4 Å². The number of hydrogen-bond acceptors (Lipinski definition) is 6. The van der Waals surface area contributed by atoms with Crippen LogP contribution in [-0.4, -0.2) is 47.6 Å².